The Morgan fingerprint density at radius 3 is 1.42 bits per heavy atom. The van der Waals surface area contributed by atoms with E-state index in [1.54, 1.807) is 0 Å². The molecule has 2 atom stereocenters. The van der Waals surface area contributed by atoms with Crippen molar-refractivity contribution in [2.75, 3.05) is 0 Å². The molecule has 0 N–H and O–H groups in total. The molecule has 94 valence electrons. The lowest BCUT2D eigenvalue weighted by atomic mass is 10.4. The quantitative estimate of drug-likeness (QED) is 0.748. The molecule has 2 heteroatoms. The minimum Gasteiger partial charge on any atom is -0.0714 e. The van der Waals surface area contributed by atoms with Gasteiger partial charge in [-0.15, -0.1) is 0 Å². The van der Waals surface area contributed by atoms with Crippen LogP contribution in [0.3, 0.4) is 0 Å². The van der Waals surface area contributed by atoms with Crippen molar-refractivity contribution in [3.05, 3.63) is 85.0 Å². The van der Waals surface area contributed by atoms with Crippen molar-refractivity contribution in [2.45, 2.75) is 4.90 Å². The van der Waals surface area contributed by atoms with E-state index in [2.05, 4.69) is 85.0 Å². The molecule has 2 aromatic rings. The van der Waals surface area contributed by atoms with E-state index >= 15 is 0 Å². The molecule has 0 nitrogen and oxygen atoms in total. The lowest BCUT2D eigenvalue weighted by molar-refractivity contribution is 1.34. The van der Waals surface area contributed by atoms with E-state index in [1.807, 2.05) is 0 Å². The maximum absolute atomic E-state index is 2.36. The molecule has 0 spiro atoms. The number of allylic oxidation sites excluding steroid dienone is 4. The second-order valence-electron chi connectivity index (χ2n) is 4.57. The van der Waals surface area contributed by atoms with Gasteiger partial charge in [0.25, 0.3) is 0 Å². The van der Waals surface area contributed by atoms with Gasteiger partial charge in [0, 0.05) is 4.90 Å². The highest BCUT2D eigenvalue weighted by atomic mass is 31.1. The van der Waals surface area contributed by atoms with Gasteiger partial charge in [0.15, 0.2) is 0 Å². The third-order valence-electron chi connectivity index (χ3n) is 3.08. The Kier molecular flexibility index (Phi) is 3.92. The Bertz CT molecular complexity index is 530. The first-order chi connectivity index (χ1) is 9.36. The molecule has 0 fully saturated rings. The molecule has 1 aliphatic rings. The summed E-state index contributed by atoms with van der Waals surface area (Å²) in [6.45, 7) is 0. The van der Waals surface area contributed by atoms with Crippen LogP contribution in [0.1, 0.15) is 0 Å². The highest BCUT2D eigenvalue weighted by Crippen LogP contribution is 2.49. The van der Waals surface area contributed by atoms with Crippen molar-refractivity contribution in [1.29, 1.82) is 0 Å². The highest BCUT2D eigenvalue weighted by Gasteiger charge is 2.26. The molecule has 0 amide bonds. The minimum absolute atomic E-state index is 0.197. The van der Waals surface area contributed by atoms with Crippen molar-refractivity contribution < 1.29 is 0 Å². The van der Waals surface area contributed by atoms with Crippen LogP contribution in [0.2, 0.25) is 0 Å². The van der Waals surface area contributed by atoms with E-state index in [1.165, 1.54) is 10.6 Å². The molecule has 0 radical (unpaired) electrons. The van der Waals surface area contributed by atoms with Crippen molar-refractivity contribution in [1.82, 2.24) is 0 Å². The van der Waals surface area contributed by atoms with Gasteiger partial charge in [-0.1, -0.05) is 102 Å². The predicted molar refractivity (Wildman–Crippen MR) is 89.8 cm³/mol. The van der Waals surface area contributed by atoms with Crippen molar-refractivity contribution in [3.8, 4) is 0 Å². The average Bonchev–Trinajstić information content (AvgIpc) is 2.89. The zero-order valence-electron chi connectivity index (χ0n) is 10.6. The van der Waals surface area contributed by atoms with Crippen LogP contribution in [0, 0.1) is 0 Å². The molecule has 3 rings (SSSR count). The van der Waals surface area contributed by atoms with Crippen molar-refractivity contribution in [2.24, 2.45) is 0 Å². The van der Waals surface area contributed by atoms with Gasteiger partial charge in [-0.2, -0.15) is 0 Å². The summed E-state index contributed by atoms with van der Waals surface area (Å²) in [7, 11) is 1.59. The summed E-state index contributed by atoms with van der Waals surface area (Å²) in [4.78, 5) is 0.197. The highest BCUT2D eigenvalue weighted by molar-refractivity contribution is 7.68. The molecular weight excluding hydrogens is 266 g/mol. The van der Waals surface area contributed by atoms with Gasteiger partial charge in [-0.3, -0.25) is 0 Å². The fourth-order valence-corrected chi connectivity index (χ4v) is 5.70. The zero-order valence-corrected chi connectivity index (χ0v) is 12.6. The maximum atomic E-state index is 2.36. The first-order valence-electron chi connectivity index (χ1n) is 6.40. The normalized spacial score (nSPS) is 17.1. The largest absolute Gasteiger partial charge is 0.0714 e. The lowest BCUT2D eigenvalue weighted by Crippen LogP contribution is -2.16. The molecule has 1 aliphatic carbocycles. The fraction of sp³-hybridized carbons (Fsp3) is 0.0588. The first kappa shape index (κ1) is 12.8. The molecule has 0 saturated heterocycles. The third-order valence-corrected chi connectivity index (χ3v) is 6.57. The predicted octanol–water partition coefficient (Wildman–Crippen LogP) is 3.82. The van der Waals surface area contributed by atoms with E-state index in [9.17, 15) is 0 Å². The van der Waals surface area contributed by atoms with Crippen LogP contribution in [-0.2, 0) is 0 Å². The summed E-state index contributed by atoms with van der Waals surface area (Å²) < 4.78 is 0. The molecule has 0 bridgehead atoms. The van der Waals surface area contributed by atoms with Crippen molar-refractivity contribution in [3.63, 3.8) is 0 Å². The minimum atomic E-state index is 0.197. The summed E-state index contributed by atoms with van der Waals surface area (Å²) in [5, 5.41) is 2.87. The smallest absolute Gasteiger partial charge is 0.0491 e. The summed E-state index contributed by atoms with van der Waals surface area (Å²) in [6, 6.07) is 21.6. The van der Waals surface area contributed by atoms with Gasteiger partial charge in [0.05, 0.1) is 0 Å². The second kappa shape index (κ2) is 5.83. The van der Waals surface area contributed by atoms with Gasteiger partial charge < -0.3 is 0 Å². The van der Waals surface area contributed by atoms with E-state index in [4.69, 9.17) is 0 Å². The van der Waals surface area contributed by atoms with Crippen LogP contribution in [0.15, 0.2) is 85.0 Å². The molecule has 0 aliphatic heterocycles. The average molecular weight is 282 g/mol. The number of hydrogen-bond donors (Lipinski definition) is 0. The molecule has 0 heterocycles. The molecule has 2 aromatic carbocycles. The zero-order chi connectivity index (χ0) is 13.0. The van der Waals surface area contributed by atoms with E-state index < -0.39 is 0 Å². The topological polar surface area (TPSA) is 0 Å². The van der Waals surface area contributed by atoms with Gasteiger partial charge in [-0.05, 0) is 10.6 Å². The third kappa shape index (κ3) is 3.21. The number of hydrogen-bond acceptors (Lipinski definition) is 0. The maximum Gasteiger partial charge on any atom is 0.0491 e. The first-order valence-corrected chi connectivity index (χ1v) is 8.40. The SMILES string of the molecule is C1=CC(Pc2ccccc2)(Pc2ccccc2)C=C1. The van der Waals surface area contributed by atoms with Gasteiger partial charge in [0.2, 0.25) is 0 Å². The van der Waals surface area contributed by atoms with Crippen LogP contribution < -0.4 is 10.6 Å². The standard InChI is InChI=1S/C17H16P2/c1-3-9-15(10-4-1)18-17(13-7-8-14-17)19-16-11-5-2-6-12-16/h1-14,18-19H. The van der Waals surface area contributed by atoms with Gasteiger partial charge >= 0.3 is 0 Å². The molecule has 19 heavy (non-hydrogen) atoms. The van der Waals surface area contributed by atoms with Crippen LogP contribution in [0.4, 0.5) is 0 Å². The number of rotatable bonds is 4. The van der Waals surface area contributed by atoms with Gasteiger partial charge in [-0.25, -0.2) is 0 Å². The molecule has 0 aromatic heterocycles. The Hall–Kier alpha value is -1.22. The van der Waals surface area contributed by atoms with E-state index in [0.717, 1.165) is 17.2 Å². The van der Waals surface area contributed by atoms with Crippen molar-refractivity contribution >= 4 is 27.8 Å². The van der Waals surface area contributed by atoms with Crippen LogP contribution in [0.5, 0.6) is 0 Å². The monoisotopic (exact) mass is 282 g/mol. The summed E-state index contributed by atoms with van der Waals surface area (Å²) >= 11 is 0. The Morgan fingerprint density at radius 1 is 0.579 bits per heavy atom. The molecular formula is C17H16P2. The van der Waals surface area contributed by atoms with Crippen LogP contribution >= 0.6 is 17.2 Å². The van der Waals surface area contributed by atoms with E-state index in [0.29, 0.717) is 0 Å². The molecule has 2 unspecified atom stereocenters. The summed E-state index contributed by atoms with van der Waals surface area (Å²) in [6.07, 6.45) is 9.10. The van der Waals surface area contributed by atoms with Crippen LogP contribution in [-0.4, -0.2) is 4.90 Å². The Balaban J connectivity index is 1.84. The number of benzene rings is 2. The molecule has 0 saturated carbocycles. The van der Waals surface area contributed by atoms with Gasteiger partial charge in [0.1, 0.15) is 0 Å². The Morgan fingerprint density at radius 2 is 1.00 bits per heavy atom. The van der Waals surface area contributed by atoms with E-state index in [-0.39, 0.29) is 4.90 Å². The summed E-state index contributed by atoms with van der Waals surface area (Å²) in [5.74, 6) is 0. The van der Waals surface area contributed by atoms with Crippen LogP contribution in [0.25, 0.3) is 0 Å². The summed E-state index contributed by atoms with van der Waals surface area (Å²) in [5.41, 5.74) is 0. The Labute approximate surface area is 118 Å². The second-order valence-corrected chi connectivity index (χ2v) is 8.38. The lowest BCUT2D eigenvalue weighted by Gasteiger charge is -2.26. The fourth-order valence-electron chi connectivity index (χ4n) is 2.19.